The Hall–Kier alpha value is -0.160. The molecule has 1 fully saturated rings. The number of hydrogen-bond donors (Lipinski definition) is 2. The third-order valence-electron chi connectivity index (χ3n) is 3.73. The molecule has 0 bridgehead atoms. The highest BCUT2D eigenvalue weighted by Gasteiger charge is 2.32. The van der Waals surface area contributed by atoms with Gasteiger partial charge in [-0.1, -0.05) is 0 Å². The second-order valence-electron chi connectivity index (χ2n) is 5.35. The SMILES string of the molecule is CC1OCCC1N(C)C(C)CC(C)(O)CN. The molecule has 0 amide bonds. The molecule has 4 unspecified atom stereocenters. The average molecular weight is 230 g/mol. The van der Waals surface area contributed by atoms with Crippen LogP contribution in [0.2, 0.25) is 0 Å². The van der Waals surface area contributed by atoms with Crippen molar-refractivity contribution in [2.45, 2.75) is 57.4 Å². The van der Waals surface area contributed by atoms with Crippen LogP contribution in [0.4, 0.5) is 0 Å². The van der Waals surface area contributed by atoms with Crippen LogP contribution >= 0.6 is 0 Å². The lowest BCUT2D eigenvalue weighted by Crippen LogP contribution is -2.47. The lowest BCUT2D eigenvalue weighted by molar-refractivity contribution is 0.0140. The van der Waals surface area contributed by atoms with Gasteiger partial charge in [-0.2, -0.15) is 0 Å². The summed E-state index contributed by atoms with van der Waals surface area (Å²) < 4.78 is 5.56. The summed E-state index contributed by atoms with van der Waals surface area (Å²) >= 11 is 0. The fraction of sp³-hybridized carbons (Fsp3) is 1.00. The highest BCUT2D eigenvalue weighted by molar-refractivity contribution is 4.86. The van der Waals surface area contributed by atoms with E-state index in [1.54, 1.807) is 6.92 Å². The first-order valence-corrected chi connectivity index (χ1v) is 6.13. The molecule has 0 aliphatic carbocycles. The van der Waals surface area contributed by atoms with Gasteiger partial charge in [0.1, 0.15) is 0 Å². The Labute approximate surface area is 98.8 Å². The van der Waals surface area contributed by atoms with Crippen LogP contribution in [0, 0.1) is 0 Å². The zero-order chi connectivity index (χ0) is 12.3. The van der Waals surface area contributed by atoms with Crippen LogP contribution in [0.15, 0.2) is 0 Å². The van der Waals surface area contributed by atoms with E-state index in [4.69, 9.17) is 10.5 Å². The smallest absolute Gasteiger partial charge is 0.0756 e. The zero-order valence-electron chi connectivity index (χ0n) is 10.9. The monoisotopic (exact) mass is 230 g/mol. The van der Waals surface area contributed by atoms with E-state index in [1.165, 1.54) is 0 Å². The summed E-state index contributed by atoms with van der Waals surface area (Å²) in [5, 5.41) is 9.97. The average Bonchev–Trinajstić information content (AvgIpc) is 2.62. The quantitative estimate of drug-likeness (QED) is 0.725. The van der Waals surface area contributed by atoms with Gasteiger partial charge in [-0.25, -0.2) is 0 Å². The van der Waals surface area contributed by atoms with Crippen molar-refractivity contribution in [1.82, 2.24) is 4.90 Å². The highest BCUT2D eigenvalue weighted by Crippen LogP contribution is 2.23. The Bertz CT molecular complexity index is 221. The number of aliphatic hydroxyl groups is 1. The van der Waals surface area contributed by atoms with E-state index < -0.39 is 5.60 Å². The summed E-state index contributed by atoms with van der Waals surface area (Å²) in [6.45, 7) is 7.20. The van der Waals surface area contributed by atoms with Crippen LogP contribution in [0.3, 0.4) is 0 Å². The van der Waals surface area contributed by atoms with Gasteiger partial charge in [-0.15, -0.1) is 0 Å². The number of likely N-dealkylation sites (N-methyl/N-ethyl adjacent to an activating group) is 1. The standard InChI is InChI=1S/C12H26N2O2/c1-9(7-12(3,15)8-13)14(4)11-5-6-16-10(11)2/h9-11,15H,5-8,13H2,1-4H3. The van der Waals surface area contributed by atoms with Gasteiger partial charge in [0, 0.05) is 25.2 Å². The first-order valence-electron chi connectivity index (χ1n) is 6.13. The predicted octanol–water partition coefficient (Wildman–Crippen LogP) is 0.584. The van der Waals surface area contributed by atoms with E-state index in [-0.39, 0.29) is 6.10 Å². The minimum atomic E-state index is -0.767. The first kappa shape index (κ1) is 13.9. The normalized spacial score (nSPS) is 31.7. The maximum absolute atomic E-state index is 9.97. The largest absolute Gasteiger partial charge is 0.389 e. The van der Waals surface area contributed by atoms with E-state index in [1.807, 2.05) is 0 Å². The van der Waals surface area contributed by atoms with Gasteiger partial charge in [0.05, 0.1) is 11.7 Å². The fourth-order valence-corrected chi connectivity index (χ4v) is 2.45. The molecule has 4 nitrogen and oxygen atoms in total. The fourth-order valence-electron chi connectivity index (χ4n) is 2.45. The van der Waals surface area contributed by atoms with Gasteiger partial charge in [-0.3, -0.25) is 4.90 Å². The lowest BCUT2D eigenvalue weighted by atomic mass is 9.95. The van der Waals surface area contributed by atoms with Crippen LogP contribution in [0.5, 0.6) is 0 Å². The lowest BCUT2D eigenvalue weighted by Gasteiger charge is -2.35. The molecule has 1 heterocycles. The number of nitrogens with two attached hydrogens (primary N) is 1. The molecule has 0 aromatic heterocycles. The zero-order valence-corrected chi connectivity index (χ0v) is 10.9. The van der Waals surface area contributed by atoms with Crippen LogP contribution in [0.25, 0.3) is 0 Å². The summed E-state index contributed by atoms with van der Waals surface area (Å²) in [7, 11) is 2.10. The van der Waals surface area contributed by atoms with Crippen LogP contribution in [-0.2, 0) is 4.74 Å². The van der Waals surface area contributed by atoms with Crippen LogP contribution in [-0.4, -0.2) is 54.0 Å². The molecule has 96 valence electrons. The maximum Gasteiger partial charge on any atom is 0.0756 e. The van der Waals surface area contributed by atoms with E-state index in [0.717, 1.165) is 13.0 Å². The van der Waals surface area contributed by atoms with Crippen LogP contribution < -0.4 is 5.73 Å². The van der Waals surface area contributed by atoms with Crippen molar-refractivity contribution in [2.75, 3.05) is 20.2 Å². The Morgan fingerprint density at radius 1 is 1.62 bits per heavy atom. The predicted molar refractivity (Wildman–Crippen MR) is 65.3 cm³/mol. The van der Waals surface area contributed by atoms with Gasteiger partial charge in [0.15, 0.2) is 0 Å². The van der Waals surface area contributed by atoms with E-state index >= 15 is 0 Å². The molecule has 16 heavy (non-hydrogen) atoms. The molecule has 0 spiro atoms. The number of nitrogens with zero attached hydrogens (tertiary/aromatic N) is 1. The molecular formula is C12H26N2O2. The molecule has 0 radical (unpaired) electrons. The van der Waals surface area contributed by atoms with Crippen molar-refractivity contribution in [3.8, 4) is 0 Å². The summed E-state index contributed by atoms with van der Waals surface area (Å²) in [6.07, 6.45) is 2.06. The molecule has 3 N–H and O–H groups in total. The molecule has 4 heteroatoms. The Balaban J connectivity index is 2.50. The Morgan fingerprint density at radius 2 is 2.25 bits per heavy atom. The Morgan fingerprint density at radius 3 is 2.69 bits per heavy atom. The highest BCUT2D eigenvalue weighted by atomic mass is 16.5. The maximum atomic E-state index is 9.97. The van der Waals surface area contributed by atoms with Crippen molar-refractivity contribution < 1.29 is 9.84 Å². The van der Waals surface area contributed by atoms with E-state index in [9.17, 15) is 5.11 Å². The number of hydrogen-bond acceptors (Lipinski definition) is 4. The topological polar surface area (TPSA) is 58.7 Å². The molecule has 0 aromatic carbocycles. The third kappa shape index (κ3) is 3.42. The van der Waals surface area contributed by atoms with Gasteiger partial charge in [0.2, 0.25) is 0 Å². The van der Waals surface area contributed by atoms with Gasteiger partial charge < -0.3 is 15.6 Å². The molecule has 1 aliphatic rings. The summed E-state index contributed by atoms with van der Waals surface area (Å²) in [6, 6.07) is 0.774. The molecule has 1 rings (SSSR count). The number of rotatable bonds is 5. The van der Waals surface area contributed by atoms with Crippen molar-refractivity contribution >= 4 is 0 Å². The second-order valence-corrected chi connectivity index (χ2v) is 5.35. The van der Waals surface area contributed by atoms with Gasteiger partial charge in [0.25, 0.3) is 0 Å². The first-order chi connectivity index (χ1) is 7.37. The van der Waals surface area contributed by atoms with Crippen molar-refractivity contribution in [3.05, 3.63) is 0 Å². The van der Waals surface area contributed by atoms with Crippen molar-refractivity contribution in [2.24, 2.45) is 5.73 Å². The van der Waals surface area contributed by atoms with Crippen LogP contribution in [0.1, 0.15) is 33.6 Å². The summed E-state index contributed by atoms with van der Waals surface area (Å²) in [5.74, 6) is 0. The molecule has 0 aromatic rings. The third-order valence-corrected chi connectivity index (χ3v) is 3.73. The molecule has 0 saturated carbocycles. The Kier molecular flexibility index (Phi) is 4.73. The molecule has 4 atom stereocenters. The second kappa shape index (κ2) is 5.45. The summed E-state index contributed by atoms with van der Waals surface area (Å²) in [4.78, 5) is 2.31. The molecular weight excluding hydrogens is 204 g/mol. The summed E-state index contributed by atoms with van der Waals surface area (Å²) in [5.41, 5.74) is 4.77. The minimum Gasteiger partial charge on any atom is -0.389 e. The van der Waals surface area contributed by atoms with Gasteiger partial charge >= 0.3 is 0 Å². The minimum absolute atomic E-state index is 0.287. The van der Waals surface area contributed by atoms with E-state index in [0.29, 0.717) is 25.0 Å². The number of ether oxygens (including phenoxy) is 1. The van der Waals surface area contributed by atoms with Crippen molar-refractivity contribution in [1.29, 1.82) is 0 Å². The van der Waals surface area contributed by atoms with E-state index in [2.05, 4.69) is 25.8 Å². The van der Waals surface area contributed by atoms with Gasteiger partial charge in [-0.05, 0) is 40.7 Å². The molecule has 1 aliphatic heterocycles. The van der Waals surface area contributed by atoms with Crippen molar-refractivity contribution in [3.63, 3.8) is 0 Å². The molecule has 1 saturated heterocycles.